The molecule has 0 spiro atoms. The SMILES string of the molecule is COc1ccc(NN(C(=O)NCCC(N)C(C)=O)c2cc(-c3c(O)ccc4ccccc34)c(O)c3ccccc23)cc1. The second-order valence-electron chi connectivity index (χ2n) is 9.93. The first-order chi connectivity index (χ1) is 20.3. The maximum atomic E-state index is 13.8. The Hall–Kier alpha value is -5.28. The number of hydrogen-bond donors (Lipinski definition) is 5. The molecule has 1 atom stereocenters. The maximum absolute atomic E-state index is 13.8. The van der Waals surface area contributed by atoms with Crippen molar-refractivity contribution >= 4 is 44.7 Å². The van der Waals surface area contributed by atoms with E-state index in [2.05, 4.69) is 10.7 Å². The summed E-state index contributed by atoms with van der Waals surface area (Å²) in [5, 5.41) is 29.4. The molecule has 0 saturated carbocycles. The Labute approximate surface area is 243 Å². The van der Waals surface area contributed by atoms with Crippen molar-refractivity contribution in [1.29, 1.82) is 0 Å². The summed E-state index contributed by atoms with van der Waals surface area (Å²) >= 11 is 0. The summed E-state index contributed by atoms with van der Waals surface area (Å²) in [5.41, 5.74) is 10.9. The van der Waals surface area contributed by atoms with E-state index in [1.807, 2.05) is 36.4 Å². The van der Waals surface area contributed by atoms with Crippen LogP contribution in [0.15, 0.2) is 91.0 Å². The smallest absolute Gasteiger partial charge is 0.340 e. The third-order valence-electron chi connectivity index (χ3n) is 7.20. The van der Waals surface area contributed by atoms with Crippen molar-refractivity contribution in [2.75, 3.05) is 24.1 Å². The summed E-state index contributed by atoms with van der Waals surface area (Å²) in [5.74, 6) is 0.445. The molecule has 0 fully saturated rings. The molecule has 42 heavy (non-hydrogen) atoms. The number of urea groups is 1. The van der Waals surface area contributed by atoms with Gasteiger partial charge in [0.1, 0.15) is 23.0 Å². The number of benzene rings is 5. The molecule has 9 heteroatoms. The average Bonchev–Trinajstić information content (AvgIpc) is 3.01. The zero-order valence-electron chi connectivity index (χ0n) is 23.3. The number of ether oxygens (including phenoxy) is 1. The first-order valence-corrected chi connectivity index (χ1v) is 13.5. The predicted octanol–water partition coefficient (Wildman–Crippen LogP) is 5.93. The number of ketones is 1. The van der Waals surface area contributed by atoms with E-state index < -0.39 is 12.1 Å². The molecule has 1 unspecified atom stereocenters. The van der Waals surface area contributed by atoms with Crippen molar-refractivity contribution < 1.29 is 24.5 Å². The van der Waals surface area contributed by atoms with E-state index in [1.54, 1.807) is 61.7 Å². The van der Waals surface area contributed by atoms with Crippen LogP contribution >= 0.6 is 0 Å². The number of hydrazine groups is 1. The Balaban J connectivity index is 1.67. The molecule has 0 aliphatic heterocycles. The Morgan fingerprint density at radius 2 is 1.57 bits per heavy atom. The van der Waals surface area contributed by atoms with Crippen LogP contribution in [0.25, 0.3) is 32.7 Å². The highest BCUT2D eigenvalue weighted by molar-refractivity contribution is 6.12. The van der Waals surface area contributed by atoms with E-state index in [9.17, 15) is 19.8 Å². The van der Waals surface area contributed by atoms with E-state index in [0.717, 1.165) is 10.8 Å². The van der Waals surface area contributed by atoms with Crippen LogP contribution in [-0.2, 0) is 4.79 Å². The number of anilines is 2. The fraction of sp³-hybridized carbons (Fsp3) is 0.152. The third-order valence-corrected chi connectivity index (χ3v) is 7.20. The lowest BCUT2D eigenvalue weighted by Gasteiger charge is -2.27. The van der Waals surface area contributed by atoms with Crippen LogP contribution in [0.1, 0.15) is 13.3 Å². The second-order valence-corrected chi connectivity index (χ2v) is 9.93. The largest absolute Gasteiger partial charge is 0.507 e. The standard InChI is InChI=1S/C33H32N4O5/c1-20(38)28(34)17-18-35-33(41)37(36-22-12-14-23(42-2)15-13-22)29-19-27(32(40)26-10-6-5-9-25(26)29)31-24-8-4-3-7-21(24)11-16-30(31)39/h3-16,19,28,36,39-40H,17-18,34H2,1-2H3,(H,35,41). The molecule has 5 aromatic carbocycles. The number of phenols is 2. The molecule has 5 rings (SSSR count). The lowest BCUT2D eigenvalue weighted by Crippen LogP contribution is -2.45. The molecule has 0 radical (unpaired) electrons. The summed E-state index contributed by atoms with van der Waals surface area (Å²) in [6, 6.07) is 25.7. The minimum Gasteiger partial charge on any atom is -0.507 e. The van der Waals surface area contributed by atoms with Gasteiger partial charge in [-0.25, -0.2) is 9.80 Å². The molecule has 214 valence electrons. The highest BCUT2D eigenvalue weighted by atomic mass is 16.5. The zero-order chi connectivity index (χ0) is 29.8. The molecule has 6 N–H and O–H groups in total. The molecule has 0 bridgehead atoms. The van der Waals surface area contributed by atoms with E-state index in [-0.39, 0.29) is 30.2 Å². The monoisotopic (exact) mass is 564 g/mol. The van der Waals surface area contributed by atoms with Gasteiger partial charge in [-0.15, -0.1) is 0 Å². The number of fused-ring (bicyclic) bond motifs is 2. The second kappa shape index (κ2) is 12.1. The molecule has 0 aromatic heterocycles. The van der Waals surface area contributed by atoms with E-state index in [1.165, 1.54) is 11.9 Å². The maximum Gasteiger partial charge on any atom is 0.340 e. The quantitative estimate of drug-likeness (QED) is 0.140. The lowest BCUT2D eigenvalue weighted by molar-refractivity contribution is -0.118. The molecule has 5 aromatic rings. The van der Waals surface area contributed by atoms with Crippen LogP contribution in [0.2, 0.25) is 0 Å². The molecule has 0 heterocycles. The summed E-state index contributed by atoms with van der Waals surface area (Å²) in [6.45, 7) is 1.57. The van der Waals surface area contributed by atoms with Crippen LogP contribution in [0.3, 0.4) is 0 Å². The van der Waals surface area contributed by atoms with Crippen LogP contribution in [0, 0.1) is 0 Å². The molecule has 2 amide bonds. The van der Waals surface area contributed by atoms with Crippen molar-refractivity contribution in [2.24, 2.45) is 5.73 Å². The number of Topliss-reactive ketones (excluding diaryl/α,β-unsaturated/α-hetero) is 1. The molecular formula is C33H32N4O5. The normalized spacial score (nSPS) is 11.7. The van der Waals surface area contributed by atoms with Crippen molar-refractivity contribution in [1.82, 2.24) is 5.32 Å². The van der Waals surface area contributed by atoms with Gasteiger partial charge in [-0.2, -0.15) is 0 Å². The highest BCUT2D eigenvalue weighted by Crippen LogP contribution is 2.46. The number of aromatic hydroxyl groups is 2. The average molecular weight is 565 g/mol. The van der Waals surface area contributed by atoms with Crippen molar-refractivity contribution in [3.05, 3.63) is 91.0 Å². The van der Waals surface area contributed by atoms with Gasteiger partial charge in [-0.3, -0.25) is 10.2 Å². The Kier molecular flexibility index (Phi) is 8.12. The summed E-state index contributed by atoms with van der Waals surface area (Å²) in [7, 11) is 1.57. The Morgan fingerprint density at radius 1 is 0.905 bits per heavy atom. The number of rotatable bonds is 9. The molecule has 0 saturated heterocycles. The number of nitrogens with zero attached hydrogens (tertiary/aromatic N) is 1. The van der Waals surface area contributed by atoms with E-state index in [0.29, 0.717) is 39.0 Å². The fourth-order valence-corrected chi connectivity index (χ4v) is 4.89. The zero-order valence-corrected chi connectivity index (χ0v) is 23.3. The lowest BCUT2D eigenvalue weighted by atomic mass is 9.93. The van der Waals surface area contributed by atoms with Gasteiger partial charge in [-0.1, -0.05) is 54.6 Å². The summed E-state index contributed by atoms with van der Waals surface area (Å²) < 4.78 is 5.27. The van der Waals surface area contributed by atoms with Gasteiger partial charge in [0.25, 0.3) is 0 Å². The number of methoxy groups -OCH3 is 1. The van der Waals surface area contributed by atoms with Crippen LogP contribution < -0.4 is 26.2 Å². The van der Waals surface area contributed by atoms with Crippen LogP contribution in [-0.4, -0.2) is 41.7 Å². The van der Waals surface area contributed by atoms with Crippen molar-refractivity contribution in [2.45, 2.75) is 19.4 Å². The number of nitrogens with one attached hydrogen (secondary N) is 2. The van der Waals surface area contributed by atoms with Crippen molar-refractivity contribution in [3.63, 3.8) is 0 Å². The van der Waals surface area contributed by atoms with Crippen LogP contribution in [0.5, 0.6) is 17.2 Å². The summed E-state index contributed by atoms with van der Waals surface area (Å²) in [4.78, 5) is 25.4. The number of carbonyl (C=O) groups excluding carboxylic acids is 2. The Bertz CT molecular complexity index is 1770. The molecule has 0 aliphatic carbocycles. The number of phenolic OH excluding ortho intramolecular Hbond substituents is 2. The number of carbonyl (C=O) groups is 2. The van der Waals surface area contributed by atoms with Gasteiger partial charge in [-0.05, 0) is 60.5 Å². The van der Waals surface area contributed by atoms with Gasteiger partial charge >= 0.3 is 6.03 Å². The first-order valence-electron chi connectivity index (χ1n) is 13.5. The van der Waals surface area contributed by atoms with Gasteiger partial charge in [0.15, 0.2) is 0 Å². The first kappa shape index (κ1) is 28.3. The minimum absolute atomic E-state index is 0.0115. The van der Waals surface area contributed by atoms with E-state index in [4.69, 9.17) is 10.5 Å². The van der Waals surface area contributed by atoms with E-state index >= 15 is 0 Å². The predicted molar refractivity (Wildman–Crippen MR) is 166 cm³/mol. The molecule has 9 nitrogen and oxygen atoms in total. The van der Waals surface area contributed by atoms with Crippen LogP contribution in [0.4, 0.5) is 16.2 Å². The van der Waals surface area contributed by atoms with Gasteiger partial charge in [0.2, 0.25) is 0 Å². The number of amides is 2. The fourth-order valence-electron chi connectivity index (χ4n) is 4.89. The summed E-state index contributed by atoms with van der Waals surface area (Å²) in [6.07, 6.45) is 0.267. The number of hydrogen-bond acceptors (Lipinski definition) is 7. The van der Waals surface area contributed by atoms with Gasteiger partial charge < -0.3 is 26.0 Å². The van der Waals surface area contributed by atoms with Gasteiger partial charge in [0, 0.05) is 28.4 Å². The number of nitrogens with two attached hydrogens (primary N) is 1. The minimum atomic E-state index is -0.691. The third kappa shape index (κ3) is 5.63. The highest BCUT2D eigenvalue weighted by Gasteiger charge is 2.24. The molecule has 0 aliphatic rings. The van der Waals surface area contributed by atoms with Gasteiger partial charge in [0.05, 0.1) is 24.5 Å². The molecular weight excluding hydrogens is 532 g/mol. The topological polar surface area (TPSA) is 137 Å². The Morgan fingerprint density at radius 3 is 2.26 bits per heavy atom. The van der Waals surface area contributed by atoms with Crippen molar-refractivity contribution in [3.8, 4) is 28.4 Å².